The van der Waals surface area contributed by atoms with Crippen LogP contribution in [0.25, 0.3) is 0 Å². The van der Waals surface area contributed by atoms with Crippen LogP contribution in [0.3, 0.4) is 0 Å². The Morgan fingerprint density at radius 1 is 1.75 bits per heavy atom. The molecular weight excluding hydrogens is 212 g/mol. The minimum Gasteiger partial charge on any atom is -0.409 e. The van der Waals surface area contributed by atoms with Crippen molar-refractivity contribution < 1.29 is 10.0 Å². The number of nitrogens with zero attached hydrogens (tertiary/aromatic N) is 4. The molecule has 1 amide bonds. The van der Waals surface area contributed by atoms with Crippen molar-refractivity contribution >= 4 is 11.7 Å². The molecule has 16 heavy (non-hydrogen) atoms. The van der Waals surface area contributed by atoms with Crippen LogP contribution < -0.4 is 5.73 Å². The van der Waals surface area contributed by atoms with E-state index in [1.165, 1.54) is 11.1 Å². The maximum Gasteiger partial charge on any atom is 0.276 e. The summed E-state index contributed by atoms with van der Waals surface area (Å²) < 4.78 is 0. The maximum absolute atomic E-state index is 11.8. The molecule has 8 heteroatoms. The fraction of sp³-hybridized carbons (Fsp3) is 0.500. The van der Waals surface area contributed by atoms with Gasteiger partial charge >= 0.3 is 0 Å². The fourth-order valence-corrected chi connectivity index (χ4v) is 1.17. The quantitative estimate of drug-likeness (QED) is 0.268. The van der Waals surface area contributed by atoms with Gasteiger partial charge < -0.3 is 15.8 Å². The summed E-state index contributed by atoms with van der Waals surface area (Å²) in [5, 5.41) is 20.8. The first-order valence-electron chi connectivity index (χ1n) is 4.80. The molecule has 0 saturated carbocycles. The Hall–Kier alpha value is -2.12. The number of carbonyl (C=O) groups is 1. The Labute approximate surface area is 92.1 Å². The second-order valence-electron chi connectivity index (χ2n) is 3.08. The summed E-state index contributed by atoms with van der Waals surface area (Å²) in [4.78, 5) is 13.3. The molecule has 1 heterocycles. The van der Waals surface area contributed by atoms with Gasteiger partial charge in [-0.3, -0.25) is 4.79 Å². The second kappa shape index (κ2) is 5.69. The predicted octanol–water partition coefficient (Wildman–Crippen LogP) is -0.597. The highest BCUT2D eigenvalue weighted by atomic mass is 16.4. The number of nitrogens with two attached hydrogens (primary N) is 1. The van der Waals surface area contributed by atoms with E-state index in [9.17, 15) is 4.79 Å². The van der Waals surface area contributed by atoms with Gasteiger partial charge in [0.1, 0.15) is 5.84 Å². The van der Waals surface area contributed by atoms with E-state index in [0.29, 0.717) is 19.5 Å². The zero-order chi connectivity index (χ0) is 12.0. The number of nitrogens with one attached hydrogen (secondary N) is 1. The Morgan fingerprint density at radius 3 is 3.00 bits per heavy atom. The summed E-state index contributed by atoms with van der Waals surface area (Å²) in [5.74, 6) is -0.145. The first kappa shape index (κ1) is 12.0. The van der Waals surface area contributed by atoms with E-state index in [0.717, 1.165) is 0 Å². The summed E-state index contributed by atoms with van der Waals surface area (Å²) in [5.41, 5.74) is 5.57. The van der Waals surface area contributed by atoms with Crippen molar-refractivity contribution in [2.45, 2.75) is 13.3 Å². The maximum atomic E-state index is 11.8. The van der Waals surface area contributed by atoms with Crippen molar-refractivity contribution in [3.8, 4) is 0 Å². The Balaban J connectivity index is 2.58. The fourth-order valence-electron chi connectivity index (χ4n) is 1.17. The number of amides is 1. The van der Waals surface area contributed by atoms with Crippen LogP contribution in [0.1, 0.15) is 23.8 Å². The average Bonchev–Trinajstić information content (AvgIpc) is 2.82. The monoisotopic (exact) mass is 226 g/mol. The molecule has 0 aliphatic carbocycles. The molecule has 0 aliphatic heterocycles. The first-order valence-corrected chi connectivity index (χ1v) is 4.80. The number of rotatable bonds is 5. The van der Waals surface area contributed by atoms with Crippen molar-refractivity contribution in [1.82, 2.24) is 20.3 Å². The van der Waals surface area contributed by atoms with E-state index < -0.39 is 0 Å². The number of aromatic amines is 1. The number of oxime groups is 1. The van der Waals surface area contributed by atoms with Gasteiger partial charge in [-0.15, -0.1) is 0 Å². The highest BCUT2D eigenvalue weighted by molar-refractivity contribution is 5.92. The number of hydrogen-bond acceptors (Lipinski definition) is 5. The molecule has 4 N–H and O–H groups in total. The lowest BCUT2D eigenvalue weighted by atomic mass is 10.3. The van der Waals surface area contributed by atoms with E-state index in [2.05, 4.69) is 20.6 Å². The molecule has 0 aliphatic rings. The Bertz CT molecular complexity index is 361. The molecule has 0 atom stereocenters. The van der Waals surface area contributed by atoms with E-state index >= 15 is 0 Å². The molecular formula is C8H14N6O2. The lowest BCUT2D eigenvalue weighted by molar-refractivity contribution is 0.0762. The van der Waals surface area contributed by atoms with Gasteiger partial charge in [0, 0.05) is 19.5 Å². The van der Waals surface area contributed by atoms with Gasteiger partial charge in [-0.25, -0.2) is 0 Å². The number of H-pyrrole nitrogens is 1. The third-order valence-electron chi connectivity index (χ3n) is 2.07. The number of hydrogen-bond donors (Lipinski definition) is 3. The van der Waals surface area contributed by atoms with Crippen molar-refractivity contribution in [3.63, 3.8) is 0 Å². The Morgan fingerprint density at radius 2 is 2.50 bits per heavy atom. The van der Waals surface area contributed by atoms with Crippen LogP contribution in [0, 0.1) is 0 Å². The van der Waals surface area contributed by atoms with Crippen molar-refractivity contribution in [1.29, 1.82) is 0 Å². The summed E-state index contributed by atoms with van der Waals surface area (Å²) in [6, 6.07) is 0. The second-order valence-corrected chi connectivity index (χ2v) is 3.08. The lowest BCUT2D eigenvalue weighted by Gasteiger charge is -2.18. The molecule has 1 rings (SSSR count). The summed E-state index contributed by atoms with van der Waals surface area (Å²) in [7, 11) is 0. The van der Waals surface area contributed by atoms with Crippen molar-refractivity contribution in [2.75, 3.05) is 13.1 Å². The molecule has 0 saturated heterocycles. The van der Waals surface area contributed by atoms with E-state index in [1.54, 1.807) is 0 Å². The van der Waals surface area contributed by atoms with Gasteiger partial charge in [-0.2, -0.15) is 15.4 Å². The van der Waals surface area contributed by atoms with Crippen molar-refractivity contribution in [3.05, 3.63) is 11.9 Å². The minimum atomic E-state index is -0.234. The molecule has 0 radical (unpaired) electrons. The van der Waals surface area contributed by atoms with Gasteiger partial charge in [0.2, 0.25) is 0 Å². The minimum absolute atomic E-state index is 0.0893. The van der Waals surface area contributed by atoms with Gasteiger partial charge in [-0.1, -0.05) is 5.16 Å². The van der Waals surface area contributed by atoms with Crippen molar-refractivity contribution in [2.24, 2.45) is 10.9 Å². The highest BCUT2D eigenvalue weighted by Crippen LogP contribution is 2.00. The zero-order valence-corrected chi connectivity index (χ0v) is 8.92. The topological polar surface area (TPSA) is 120 Å². The average molecular weight is 226 g/mol. The SMILES string of the molecule is CCN(CCC(N)=NO)C(=O)c1cn[nH]n1. The molecule has 0 unspecified atom stereocenters. The molecule has 1 aromatic rings. The highest BCUT2D eigenvalue weighted by Gasteiger charge is 2.16. The van der Waals surface area contributed by atoms with Gasteiger partial charge in [-0.05, 0) is 6.92 Å². The molecule has 0 aromatic carbocycles. The summed E-state index contributed by atoms with van der Waals surface area (Å²) in [6.07, 6.45) is 1.67. The van der Waals surface area contributed by atoms with Crippen LogP contribution in [0.2, 0.25) is 0 Å². The third kappa shape index (κ3) is 2.94. The molecule has 0 bridgehead atoms. The smallest absolute Gasteiger partial charge is 0.276 e. The normalized spacial score (nSPS) is 11.4. The lowest BCUT2D eigenvalue weighted by Crippen LogP contribution is -2.34. The number of carbonyl (C=O) groups excluding carboxylic acids is 1. The third-order valence-corrected chi connectivity index (χ3v) is 2.07. The standard InChI is InChI=1S/C8H14N6O2/c1-2-14(4-3-7(9)12-16)8(15)6-5-10-13-11-6/h5,16H,2-4H2,1H3,(H2,9,12)(H,10,11,13). The van der Waals surface area contributed by atoms with E-state index in [1.807, 2.05) is 6.92 Å². The van der Waals surface area contributed by atoms with E-state index in [-0.39, 0.29) is 17.4 Å². The Kier molecular flexibility index (Phi) is 4.25. The van der Waals surface area contributed by atoms with E-state index in [4.69, 9.17) is 10.9 Å². The van der Waals surface area contributed by atoms with Crippen LogP contribution in [0.5, 0.6) is 0 Å². The number of amidine groups is 1. The molecule has 0 spiro atoms. The molecule has 0 fully saturated rings. The molecule has 8 nitrogen and oxygen atoms in total. The predicted molar refractivity (Wildman–Crippen MR) is 56.0 cm³/mol. The van der Waals surface area contributed by atoms with Gasteiger partial charge in [0.05, 0.1) is 6.20 Å². The van der Waals surface area contributed by atoms with Crippen LogP contribution in [0.4, 0.5) is 0 Å². The molecule has 1 aromatic heterocycles. The largest absolute Gasteiger partial charge is 0.409 e. The van der Waals surface area contributed by atoms with Gasteiger partial charge in [0.15, 0.2) is 5.69 Å². The van der Waals surface area contributed by atoms with Crippen LogP contribution in [0.15, 0.2) is 11.4 Å². The number of aromatic nitrogens is 3. The van der Waals surface area contributed by atoms with Crippen LogP contribution in [-0.2, 0) is 0 Å². The van der Waals surface area contributed by atoms with Gasteiger partial charge in [0.25, 0.3) is 5.91 Å². The summed E-state index contributed by atoms with van der Waals surface area (Å²) in [6.45, 7) is 2.73. The molecule has 88 valence electrons. The van der Waals surface area contributed by atoms with Crippen LogP contribution in [-0.4, -0.2) is 50.4 Å². The van der Waals surface area contributed by atoms with Crippen LogP contribution >= 0.6 is 0 Å². The zero-order valence-electron chi connectivity index (χ0n) is 8.92. The summed E-state index contributed by atoms with van der Waals surface area (Å²) >= 11 is 0. The first-order chi connectivity index (χ1) is 7.69.